The highest BCUT2D eigenvalue weighted by Gasteiger charge is 2.14. The molecule has 2 rings (SSSR count). The van der Waals surface area contributed by atoms with E-state index in [2.05, 4.69) is 5.32 Å². The van der Waals surface area contributed by atoms with Crippen molar-refractivity contribution in [1.82, 2.24) is 5.32 Å². The fourth-order valence-electron chi connectivity index (χ4n) is 1.90. The van der Waals surface area contributed by atoms with Gasteiger partial charge in [-0.2, -0.15) is 0 Å². The number of rotatable bonds is 5. The van der Waals surface area contributed by atoms with Crippen molar-refractivity contribution in [1.29, 1.82) is 0 Å². The fraction of sp³-hybridized carbons (Fsp3) is 0.200. The molecule has 0 saturated carbocycles. The number of nitrogens with one attached hydrogen (secondary N) is 1. The third kappa shape index (κ3) is 3.06. The van der Waals surface area contributed by atoms with Crippen LogP contribution in [0.5, 0.6) is 0 Å². The van der Waals surface area contributed by atoms with Gasteiger partial charge in [0.2, 0.25) is 0 Å². The lowest BCUT2D eigenvalue weighted by Crippen LogP contribution is -2.22. The average Bonchev–Trinajstić information content (AvgIpc) is 2.95. The largest absolute Gasteiger partial charge is 0.478 e. The molecular weight excluding hydrogens is 258 g/mol. The van der Waals surface area contributed by atoms with Crippen LogP contribution in [-0.4, -0.2) is 17.0 Å². The van der Waals surface area contributed by atoms with E-state index in [1.165, 1.54) is 11.6 Å². The van der Waals surface area contributed by atoms with Crippen LogP contribution in [0, 0.1) is 0 Å². The van der Waals surface area contributed by atoms with E-state index in [4.69, 9.17) is 9.52 Å². The third-order valence-electron chi connectivity index (χ3n) is 3.01. The Balaban J connectivity index is 2.03. The van der Waals surface area contributed by atoms with Gasteiger partial charge in [0.15, 0.2) is 5.76 Å². The van der Waals surface area contributed by atoms with Crippen LogP contribution in [0.4, 0.5) is 0 Å². The summed E-state index contributed by atoms with van der Waals surface area (Å²) in [5.41, 5.74) is 2.16. The zero-order valence-corrected chi connectivity index (χ0v) is 11.1. The molecule has 1 amide bonds. The summed E-state index contributed by atoms with van der Waals surface area (Å²) in [6.07, 6.45) is 1.94. The van der Waals surface area contributed by atoms with E-state index >= 15 is 0 Å². The van der Waals surface area contributed by atoms with Crippen molar-refractivity contribution in [3.05, 3.63) is 59.0 Å². The summed E-state index contributed by atoms with van der Waals surface area (Å²) in [6.45, 7) is 2.43. The van der Waals surface area contributed by atoms with Gasteiger partial charge in [-0.25, -0.2) is 4.79 Å². The van der Waals surface area contributed by atoms with Gasteiger partial charge in [0.1, 0.15) is 6.26 Å². The second-order valence-electron chi connectivity index (χ2n) is 4.31. The molecule has 0 aliphatic carbocycles. The predicted octanol–water partition coefficient (Wildman–Crippen LogP) is 2.47. The first-order valence-electron chi connectivity index (χ1n) is 6.28. The zero-order chi connectivity index (χ0) is 14.5. The lowest BCUT2D eigenvalue weighted by Gasteiger charge is -2.08. The highest BCUT2D eigenvalue weighted by Crippen LogP contribution is 2.11. The molecule has 0 aliphatic heterocycles. The normalized spacial score (nSPS) is 10.2. The van der Waals surface area contributed by atoms with Gasteiger partial charge >= 0.3 is 5.97 Å². The first kappa shape index (κ1) is 13.9. The van der Waals surface area contributed by atoms with E-state index in [9.17, 15) is 9.59 Å². The second-order valence-corrected chi connectivity index (χ2v) is 4.31. The lowest BCUT2D eigenvalue weighted by molar-refractivity contribution is 0.0696. The van der Waals surface area contributed by atoms with Gasteiger partial charge in [-0.15, -0.1) is 0 Å². The summed E-state index contributed by atoms with van der Waals surface area (Å²) < 4.78 is 4.94. The van der Waals surface area contributed by atoms with Gasteiger partial charge in [-0.3, -0.25) is 4.79 Å². The zero-order valence-electron chi connectivity index (χ0n) is 11.1. The molecule has 0 atom stereocenters. The molecule has 0 aliphatic rings. The Bertz CT molecular complexity index is 630. The van der Waals surface area contributed by atoms with Crippen molar-refractivity contribution < 1.29 is 19.1 Å². The van der Waals surface area contributed by atoms with Gasteiger partial charge < -0.3 is 14.8 Å². The number of amides is 1. The molecule has 0 bridgehead atoms. The molecule has 0 saturated heterocycles. The molecule has 1 aromatic heterocycles. The van der Waals surface area contributed by atoms with Crippen LogP contribution >= 0.6 is 0 Å². The van der Waals surface area contributed by atoms with Crippen molar-refractivity contribution in [2.75, 3.05) is 0 Å². The summed E-state index contributed by atoms with van der Waals surface area (Å²) in [5.74, 6) is -1.55. The Hall–Kier alpha value is -2.56. The van der Waals surface area contributed by atoms with Gasteiger partial charge in [0.05, 0.1) is 5.56 Å². The van der Waals surface area contributed by atoms with Crippen LogP contribution in [0.3, 0.4) is 0 Å². The molecule has 2 N–H and O–H groups in total. The van der Waals surface area contributed by atoms with Gasteiger partial charge in [-0.05, 0) is 17.5 Å². The van der Waals surface area contributed by atoms with Crippen LogP contribution < -0.4 is 5.32 Å². The van der Waals surface area contributed by atoms with Crippen LogP contribution in [0.1, 0.15) is 39.0 Å². The van der Waals surface area contributed by atoms with Crippen LogP contribution in [-0.2, 0) is 13.0 Å². The van der Waals surface area contributed by atoms with E-state index in [0.717, 1.165) is 18.2 Å². The third-order valence-corrected chi connectivity index (χ3v) is 3.01. The fourth-order valence-corrected chi connectivity index (χ4v) is 1.90. The number of hydrogen-bond donors (Lipinski definition) is 2. The van der Waals surface area contributed by atoms with Crippen molar-refractivity contribution in [3.8, 4) is 0 Å². The number of carboxylic acid groups (broad SMARTS) is 1. The maximum atomic E-state index is 11.9. The van der Waals surface area contributed by atoms with Crippen LogP contribution in [0.25, 0.3) is 0 Å². The first-order valence-corrected chi connectivity index (χ1v) is 6.28. The Kier molecular flexibility index (Phi) is 4.20. The monoisotopic (exact) mass is 273 g/mol. The summed E-state index contributed by atoms with van der Waals surface area (Å²) in [4.78, 5) is 22.6. The molecule has 104 valence electrons. The molecule has 1 heterocycles. The maximum Gasteiger partial charge on any atom is 0.338 e. The van der Waals surface area contributed by atoms with Crippen LogP contribution in [0.15, 0.2) is 41.0 Å². The number of furan rings is 1. The number of carboxylic acids is 1. The van der Waals surface area contributed by atoms with Crippen molar-refractivity contribution in [2.24, 2.45) is 0 Å². The second kappa shape index (κ2) is 6.06. The minimum Gasteiger partial charge on any atom is -0.478 e. The van der Waals surface area contributed by atoms with Crippen LogP contribution in [0.2, 0.25) is 0 Å². The summed E-state index contributed by atoms with van der Waals surface area (Å²) in [7, 11) is 0. The number of aryl methyl sites for hydroxylation is 1. The SMILES string of the molecule is CCc1ccccc1CNC(=O)c1cc(C(=O)O)co1. The van der Waals surface area contributed by atoms with Crippen molar-refractivity contribution in [3.63, 3.8) is 0 Å². The molecular formula is C15H15NO4. The number of carbonyl (C=O) groups excluding carboxylic acids is 1. The van der Waals surface area contributed by atoms with E-state index < -0.39 is 11.9 Å². The number of hydrogen-bond acceptors (Lipinski definition) is 3. The molecule has 0 unspecified atom stereocenters. The van der Waals surface area contributed by atoms with E-state index in [0.29, 0.717) is 6.54 Å². The number of aromatic carboxylic acids is 1. The predicted molar refractivity (Wildman–Crippen MR) is 72.7 cm³/mol. The maximum absolute atomic E-state index is 11.9. The Morgan fingerprint density at radius 2 is 1.95 bits per heavy atom. The molecule has 2 aromatic rings. The molecule has 0 spiro atoms. The van der Waals surface area contributed by atoms with E-state index in [-0.39, 0.29) is 11.3 Å². The highest BCUT2D eigenvalue weighted by atomic mass is 16.4. The topological polar surface area (TPSA) is 79.5 Å². The summed E-state index contributed by atoms with van der Waals surface area (Å²) >= 11 is 0. The average molecular weight is 273 g/mol. The number of carbonyl (C=O) groups is 2. The summed E-state index contributed by atoms with van der Waals surface area (Å²) in [6, 6.07) is 9.04. The van der Waals surface area contributed by atoms with E-state index in [1.54, 1.807) is 0 Å². The molecule has 0 fully saturated rings. The lowest BCUT2D eigenvalue weighted by atomic mass is 10.1. The van der Waals surface area contributed by atoms with Gasteiger partial charge in [0.25, 0.3) is 5.91 Å². The molecule has 20 heavy (non-hydrogen) atoms. The first-order chi connectivity index (χ1) is 9.61. The molecule has 0 radical (unpaired) electrons. The standard InChI is InChI=1S/C15H15NO4/c1-2-10-5-3-4-6-11(10)8-16-14(17)13-7-12(9-20-13)15(18)19/h3-7,9H,2,8H2,1H3,(H,16,17)(H,18,19). The highest BCUT2D eigenvalue weighted by molar-refractivity contribution is 5.95. The van der Waals surface area contributed by atoms with Gasteiger partial charge in [0, 0.05) is 12.6 Å². The molecule has 5 heteroatoms. The summed E-state index contributed by atoms with van der Waals surface area (Å²) in [5, 5.41) is 11.5. The smallest absolute Gasteiger partial charge is 0.338 e. The molecule has 1 aromatic carbocycles. The Morgan fingerprint density at radius 1 is 1.25 bits per heavy atom. The minimum atomic E-state index is -1.12. The van der Waals surface area contributed by atoms with E-state index in [1.807, 2.05) is 31.2 Å². The Morgan fingerprint density at radius 3 is 2.55 bits per heavy atom. The quantitative estimate of drug-likeness (QED) is 0.877. The Labute approximate surface area is 116 Å². The van der Waals surface area contributed by atoms with Gasteiger partial charge in [-0.1, -0.05) is 31.2 Å². The minimum absolute atomic E-state index is 0.00335. The number of benzene rings is 1. The van der Waals surface area contributed by atoms with Crippen molar-refractivity contribution in [2.45, 2.75) is 19.9 Å². The van der Waals surface area contributed by atoms with Crippen molar-refractivity contribution >= 4 is 11.9 Å². The molecule has 5 nitrogen and oxygen atoms in total.